The summed E-state index contributed by atoms with van der Waals surface area (Å²) in [6.45, 7) is 5.87. The Kier molecular flexibility index (Phi) is 5.35. The van der Waals surface area contributed by atoms with Gasteiger partial charge >= 0.3 is 0 Å². The maximum absolute atomic E-state index is 6.35. The molecule has 6 heteroatoms. The fourth-order valence-electron chi connectivity index (χ4n) is 2.81. The normalized spacial score (nSPS) is 12.6. The molecule has 132 valence electrons. The van der Waals surface area contributed by atoms with E-state index in [0.717, 1.165) is 33.9 Å². The van der Waals surface area contributed by atoms with E-state index in [2.05, 4.69) is 11.4 Å². The van der Waals surface area contributed by atoms with Crippen LogP contribution in [-0.4, -0.2) is 30.3 Å². The predicted octanol–water partition coefficient (Wildman–Crippen LogP) is 4.56. The highest BCUT2D eigenvalue weighted by molar-refractivity contribution is 7.80. The van der Waals surface area contributed by atoms with Crippen LogP contribution in [0.2, 0.25) is 5.02 Å². The quantitative estimate of drug-likeness (QED) is 0.794. The molecule has 25 heavy (non-hydrogen) atoms. The number of aryl methyl sites for hydroxylation is 2. The number of fused-ring (bicyclic) bond motifs is 1. The lowest BCUT2D eigenvalue weighted by atomic mass is 10.1. The summed E-state index contributed by atoms with van der Waals surface area (Å²) in [7, 11) is 1.95. The van der Waals surface area contributed by atoms with Crippen LogP contribution in [0.3, 0.4) is 0 Å². The summed E-state index contributed by atoms with van der Waals surface area (Å²) in [6, 6.07) is 9.97. The number of hydrogen-bond donors (Lipinski definition) is 1. The van der Waals surface area contributed by atoms with Gasteiger partial charge in [0.05, 0.1) is 10.7 Å². The minimum absolute atomic E-state index is 0.581. The van der Waals surface area contributed by atoms with Crippen molar-refractivity contribution in [3.63, 3.8) is 0 Å². The van der Waals surface area contributed by atoms with Crippen LogP contribution in [0.1, 0.15) is 16.7 Å². The van der Waals surface area contributed by atoms with Crippen molar-refractivity contribution in [1.29, 1.82) is 0 Å². The van der Waals surface area contributed by atoms with Crippen LogP contribution in [0.4, 0.5) is 5.69 Å². The number of nitrogens with zero attached hydrogens (tertiary/aromatic N) is 1. The van der Waals surface area contributed by atoms with Crippen LogP contribution in [0.25, 0.3) is 0 Å². The van der Waals surface area contributed by atoms with E-state index in [1.807, 2.05) is 50.1 Å². The Morgan fingerprint density at radius 1 is 1.16 bits per heavy atom. The molecule has 1 heterocycles. The highest BCUT2D eigenvalue weighted by Gasteiger charge is 2.14. The zero-order valence-corrected chi connectivity index (χ0v) is 16.1. The molecule has 3 rings (SSSR count). The second-order valence-electron chi connectivity index (χ2n) is 6.20. The number of rotatable bonds is 3. The molecule has 1 aliphatic rings. The van der Waals surface area contributed by atoms with Crippen molar-refractivity contribution in [2.75, 3.05) is 25.6 Å². The smallest absolute Gasteiger partial charge is 0.173 e. The number of anilines is 1. The van der Waals surface area contributed by atoms with Crippen molar-refractivity contribution in [3.05, 3.63) is 52.0 Å². The molecule has 0 saturated heterocycles. The monoisotopic (exact) mass is 376 g/mol. The SMILES string of the molecule is Cc1cc(C)c(NC(=S)N(C)Cc2ccc3c(c2)OCCO3)c(Cl)c1. The lowest BCUT2D eigenvalue weighted by Gasteiger charge is -2.24. The molecule has 0 amide bonds. The van der Waals surface area contributed by atoms with Crippen molar-refractivity contribution in [3.8, 4) is 11.5 Å². The van der Waals surface area contributed by atoms with Gasteiger partial charge in [-0.2, -0.15) is 0 Å². The molecule has 0 spiro atoms. The van der Waals surface area contributed by atoms with Crippen molar-refractivity contribution in [2.24, 2.45) is 0 Å². The summed E-state index contributed by atoms with van der Waals surface area (Å²) in [5.41, 5.74) is 4.15. The number of thiocarbonyl (C=S) groups is 1. The molecule has 0 aliphatic carbocycles. The minimum atomic E-state index is 0.581. The van der Waals surface area contributed by atoms with Gasteiger partial charge in [0.2, 0.25) is 0 Å². The first kappa shape index (κ1) is 17.8. The van der Waals surface area contributed by atoms with Gasteiger partial charge in [-0.3, -0.25) is 0 Å². The standard InChI is InChI=1S/C19H21ClN2O2S/c1-12-8-13(2)18(15(20)9-12)21-19(25)22(3)11-14-4-5-16-17(10-14)24-7-6-23-16/h4-5,8-10H,6-7,11H2,1-3H3,(H,21,25). The molecule has 4 nitrogen and oxygen atoms in total. The number of benzene rings is 2. The lowest BCUT2D eigenvalue weighted by molar-refractivity contribution is 0.171. The molecule has 0 radical (unpaired) electrons. The molecule has 0 unspecified atom stereocenters. The first-order valence-corrected chi connectivity index (χ1v) is 8.90. The Hall–Kier alpha value is -1.98. The molecule has 2 aromatic carbocycles. The van der Waals surface area contributed by atoms with E-state index in [9.17, 15) is 0 Å². The van der Waals surface area contributed by atoms with E-state index in [-0.39, 0.29) is 0 Å². The van der Waals surface area contributed by atoms with Crippen LogP contribution in [0, 0.1) is 13.8 Å². The Labute approximate surface area is 158 Å². The molecule has 0 fully saturated rings. The molecular formula is C19H21ClN2O2S. The summed E-state index contributed by atoms with van der Waals surface area (Å²) in [5.74, 6) is 1.58. The molecule has 1 aliphatic heterocycles. The van der Waals surface area contributed by atoms with Gasteiger partial charge in [0.1, 0.15) is 13.2 Å². The number of ether oxygens (including phenoxy) is 2. The second-order valence-corrected chi connectivity index (χ2v) is 7.00. The fourth-order valence-corrected chi connectivity index (χ4v) is 3.34. The van der Waals surface area contributed by atoms with Gasteiger partial charge in [0, 0.05) is 13.6 Å². The van der Waals surface area contributed by atoms with Crippen molar-refractivity contribution in [2.45, 2.75) is 20.4 Å². The first-order chi connectivity index (χ1) is 11.9. The Bertz CT molecular complexity index is 787. The Morgan fingerprint density at radius 2 is 1.88 bits per heavy atom. The minimum Gasteiger partial charge on any atom is -0.486 e. The van der Waals surface area contributed by atoms with Crippen molar-refractivity contribution < 1.29 is 9.47 Å². The van der Waals surface area contributed by atoms with Crippen molar-refractivity contribution >= 4 is 34.6 Å². The van der Waals surface area contributed by atoms with Crippen LogP contribution in [0.15, 0.2) is 30.3 Å². The zero-order chi connectivity index (χ0) is 18.0. The van der Waals surface area contributed by atoms with Gasteiger partial charge in [-0.05, 0) is 61.0 Å². The van der Waals surface area contributed by atoms with Gasteiger partial charge in [-0.15, -0.1) is 0 Å². The summed E-state index contributed by atoms with van der Waals surface area (Å²) in [5, 5.41) is 4.55. The summed E-state index contributed by atoms with van der Waals surface area (Å²) in [4.78, 5) is 1.97. The van der Waals surface area contributed by atoms with Crippen molar-refractivity contribution in [1.82, 2.24) is 4.90 Å². The van der Waals surface area contributed by atoms with Crippen LogP contribution < -0.4 is 14.8 Å². The summed E-state index contributed by atoms with van der Waals surface area (Å²) >= 11 is 11.9. The average Bonchev–Trinajstić information content (AvgIpc) is 2.57. The van der Waals surface area contributed by atoms with Crippen LogP contribution >= 0.6 is 23.8 Å². The third kappa shape index (κ3) is 4.17. The predicted molar refractivity (Wildman–Crippen MR) is 106 cm³/mol. The van der Waals surface area contributed by atoms with Gasteiger partial charge < -0.3 is 19.7 Å². The van der Waals surface area contributed by atoms with Gasteiger partial charge in [-0.25, -0.2) is 0 Å². The van der Waals surface area contributed by atoms with Crippen LogP contribution in [-0.2, 0) is 6.54 Å². The van der Waals surface area contributed by atoms with E-state index in [1.165, 1.54) is 0 Å². The summed E-state index contributed by atoms with van der Waals surface area (Å²) < 4.78 is 11.2. The molecule has 0 aromatic heterocycles. The maximum atomic E-state index is 6.35. The van der Waals surface area contributed by atoms with E-state index in [1.54, 1.807) is 0 Å². The Morgan fingerprint density at radius 3 is 2.60 bits per heavy atom. The topological polar surface area (TPSA) is 33.7 Å². The van der Waals surface area contributed by atoms with Crippen LogP contribution in [0.5, 0.6) is 11.5 Å². The third-order valence-electron chi connectivity index (χ3n) is 4.04. The fraction of sp³-hybridized carbons (Fsp3) is 0.316. The molecule has 0 atom stereocenters. The van der Waals surface area contributed by atoms with Gasteiger partial charge in [0.25, 0.3) is 0 Å². The van der Waals surface area contributed by atoms with Gasteiger partial charge in [-0.1, -0.05) is 23.7 Å². The Balaban J connectivity index is 1.69. The number of nitrogens with one attached hydrogen (secondary N) is 1. The number of hydrogen-bond acceptors (Lipinski definition) is 3. The second kappa shape index (κ2) is 7.50. The molecular weight excluding hydrogens is 356 g/mol. The molecule has 2 aromatic rings. The third-order valence-corrected chi connectivity index (χ3v) is 4.75. The lowest BCUT2D eigenvalue weighted by Crippen LogP contribution is -2.31. The van der Waals surface area contributed by atoms with E-state index >= 15 is 0 Å². The molecule has 1 N–H and O–H groups in total. The van der Waals surface area contributed by atoms with E-state index in [0.29, 0.717) is 29.9 Å². The molecule has 0 bridgehead atoms. The first-order valence-electron chi connectivity index (χ1n) is 8.11. The maximum Gasteiger partial charge on any atom is 0.173 e. The molecule has 0 saturated carbocycles. The highest BCUT2D eigenvalue weighted by Crippen LogP contribution is 2.31. The van der Waals surface area contributed by atoms with Gasteiger partial charge in [0.15, 0.2) is 16.6 Å². The zero-order valence-electron chi connectivity index (χ0n) is 14.6. The average molecular weight is 377 g/mol. The largest absolute Gasteiger partial charge is 0.486 e. The van der Waals surface area contributed by atoms with E-state index < -0.39 is 0 Å². The van der Waals surface area contributed by atoms with E-state index in [4.69, 9.17) is 33.3 Å². The number of halogens is 1. The summed E-state index contributed by atoms with van der Waals surface area (Å²) in [6.07, 6.45) is 0. The highest BCUT2D eigenvalue weighted by atomic mass is 35.5.